The Morgan fingerprint density at radius 3 is 2.55 bits per heavy atom. The van der Waals surface area contributed by atoms with E-state index >= 15 is 0 Å². The lowest BCUT2D eigenvalue weighted by atomic mass is 9.97. The van der Waals surface area contributed by atoms with Crippen LogP contribution < -0.4 is 5.73 Å². The van der Waals surface area contributed by atoms with Gasteiger partial charge >= 0.3 is 0 Å². The van der Waals surface area contributed by atoms with E-state index < -0.39 is 0 Å². The summed E-state index contributed by atoms with van der Waals surface area (Å²) in [6.45, 7) is 2.29. The first-order valence-electron chi connectivity index (χ1n) is 7.37. The Labute approximate surface area is 136 Å². The smallest absolute Gasteiger partial charge is 0.257 e. The van der Waals surface area contributed by atoms with E-state index in [9.17, 15) is 4.79 Å². The first-order valence-corrected chi connectivity index (χ1v) is 7.37. The molecule has 0 aliphatic carbocycles. The van der Waals surface area contributed by atoms with E-state index in [1.807, 2.05) is 35.2 Å². The number of piperidine rings is 1. The van der Waals surface area contributed by atoms with Crippen LogP contribution in [0.2, 0.25) is 0 Å². The van der Waals surface area contributed by atoms with Crippen molar-refractivity contribution in [3.8, 4) is 5.69 Å². The summed E-state index contributed by atoms with van der Waals surface area (Å²) in [5.41, 5.74) is 7.29. The number of aromatic nitrogens is 2. The van der Waals surface area contributed by atoms with Crippen molar-refractivity contribution >= 4 is 18.3 Å². The maximum Gasteiger partial charge on any atom is 0.257 e. The molecule has 0 atom stereocenters. The van der Waals surface area contributed by atoms with Gasteiger partial charge in [0.1, 0.15) is 0 Å². The van der Waals surface area contributed by atoms with Gasteiger partial charge < -0.3 is 10.6 Å². The van der Waals surface area contributed by atoms with Crippen molar-refractivity contribution in [1.29, 1.82) is 0 Å². The van der Waals surface area contributed by atoms with E-state index in [1.165, 1.54) is 0 Å². The quantitative estimate of drug-likeness (QED) is 0.942. The van der Waals surface area contributed by atoms with Crippen LogP contribution in [0.25, 0.3) is 5.69 Å². The number of rotatable bonds is 3. The molecule has 1 aromatic heterocycles. The van der Waals surface area contributed by atoms with Crippen LogP contribution in [0.3, 0.4) is 0 Å². The number of amides is 1. The molecule has 0 bridgehead atoms. The number of nitrogens with zero attached hydrogens (tertiary/aromatic N) is 3. The highest BCUT2D eigenvalue weighted by atomic mass is 35.5. The monoisotopic (exact) mass is 320 g/mol. The summed E-state index contributed by atoms with van der Waals surface area (Å²) in [5, 5.41) is 4.28. The lowest BCUT2D eigenvalue weighted by molar-refractivity contribution is 0.0693. The standard InChI is InChI=1S/C16H20N4O.ClH/c17-10-13-6-8-19(9-7-13)16(21)14-11-18-20(12-14)15-4-2-1-3-5-15;/h1-5,11-13H,6-10,17H2;1H. The molecule has 2 aromatic rings. The van der Waals surface area contributed by atoms with Crippen molar-refractivity contribution in [2.24, 2.45) is 11.7 Å². The molecule has 6 heteroatoms. The Morgan fingerprint density at radius 1 is 1.23 bits per heavy atom. The number of hydrogen-bond acceptors (Lipinski definition) is 3. The molecule has 1 amide bonds. The van der Waals surface area contributed by atoms with Crippen molar-refractivity contribution < 1.29 is 4.79 Å². The lowest BCUT2D eigenvalue weighted by Gasteiger charge is -2.31. The molecule has 1 aliphatic rings. The van der Waals surface area contributed by atoms with Gasteiger partial charge in [-0.3, -0.25) is 4.79 Å². The fraction of sp³-hybridized carbons (Fsp3) is 0.375. The van der Waals surface area contributed by atoms with Gasteiger partial charge in [-0.1, -0.05) is 18.2 Å². The number of benzene rings is 1. The normalized spacial score (nSPS) is 15.4. The van der Waals surface area contributed by atoms with Gasteiger partial charge in [-0.05, 0) is 37.4 Å². The predicted octanol–water partition coefficient (Wildman–Crippen LogP) is 2.10. The molecule has 1 aliphatic heterocycles. The Hall–Kier alpha value is -1.85. The number of likely N-dealkylation sites (tertiary alicyclic amines) is 1. The van der Waals surface area contributed by atoms with Gasteiger partial charge in [0.25, 0.3) is 5.91 Å². The van der Waals surface area contributed by atoms with Crippen LogP contribution in [0.4, 0.5) is 0 Å². The van der Waals surface area contributed by atoms with Crippen molar-refractivity contribution in [1.82, 2.24) is 14.7 Å². The highest BCUT2D eigenvalue weighted by Crippen LogP contribution is 2.18. The van der Waals surface area contributed by atoms with Crippen molar-refractivity contribution in [3.63, 3.8) is 0 Å². The van der Waals surface area contributed by atoms with Crippen LogP contribution in [0.15, 0.2) is 42.7 Å². The van der Waals surface area contributed by atoms with Crippen LogP contribution in [-0.2, 0) is 0 Å². The molecule has 3 rings (SSSR count). The SMILES string of the molecule is Cl.NCC1CCN(C(=O)c2cnn(-c3ccccc3)c2)CC1. The third kappa shape index (κ3) is 3.48. The van der Waals surface area contributed by atoms with Gasteiger partial charge in [0, 0.05) is 19.3 Å². The molecule has 0 spiro atoms. The second-order valence-electron chi connectivity index (χ2n) is 5.48. The van der Waals surface area contributed by atoms with Gasteiger partial charge in [0.2, 0.25) is 0 Å². The summed E-state index contributed by atoms with van der Waals surface area (Å²) >= 11 is 0. The number of nitrogens with two attached hydrogens (primary N) is 1. The highest BCUT2D eigenvalue weighted by Gasteiger charge is 2.23. The largest absolute Gasteiger partial charge is 0.339 e. The van der Waals surface area contributed by atoms with E-state index in [2.05, 4.69) is 5.10 Å². The molecule has 5 nitrogen and oxygen atoms in total. The molecule has 0 radical (unpaired) electrons. The average molecular weight is 321 g/mol. The second-order valence-corrected chi connectivity index (χ2v) is 5.48. The number of para-hydroxylation sites is 1. The minimum Gasteiger partial charge on any atom is -0.339 e. The number of halogens is 1. The Morgan fingerprint density at radius 2 is 1.91 bits per heavy atom. The molecule has 0 saturated carbocycles. The average Bonchev–Trinajstić information content (AvgIpc) is 3.05. The van der Waals surface area contributed by atoms with Crippen molar-refractivity contribution in [3.05, 3.63) is 48.3 Å². The fourth-order valence-corrected chi connectivity index (χ4v) is 2.71. The van der Waals surface area contributed by atoms with Gasteiger partial charge in [0.15, 0.2) is 0 Å². The Bertz CT molecular complexity index is 606. The lowest BCUT2D eigenvalue weighted by Crippen LogP contribution is -2.39. The fourth-order valence-electron chi connectivity index (χ4n) is 2.71. The molecule has 118 valence electrons. The van der Waals surface area contributed by atoms with Gasteiger partial charge in [-0.2, -0.15) is 5.10 Å². The van der Waals surface area contributed by atoms with Crippen LogP contribution >= 0.6 is 12.4 Å². The number of carbonyl (C=O) groups excluding carboxylic acids is 1. The summed E-state index contributed by atoms with van der Waals surface area (Å²) in [7, 11) is 0. The van der Waals surface area contributed by atoms with E-state index in [1.54, 1.807) is 17.1 Å². The molecule has 1 saturated heterocycles. The summed E-state index contributed by atoms with van der Waals surface area (Å²) in [6.07, 6.45) is 5.43. The van der Waals surface area contributed by atoms with Crippen LogP contribution in [0.5, 0.6) is 0 Å². The van der Waals surface area contributed by atoms with Crippen LogP contribution in [-0.4, -0.2) is 40.2 Å². The first kappa shape index (κ1) is 16.5. The zero-order chi connectivity index (χ0) is 14.7. The van der Waals surface area contributed by atoms with Crippen molar-refractivity contribution in [2.75, 3.05) is 19.6 Å². The molecule has 1 aromatic carbocycles. The number of hydrogen-bond donors (Lipinski definition) is 1. The van der Waals surface area contributed by atoms with Gasteiger partial charge in [-0.25, -0.2) is 4.68 Å². The maximum atomic E-state index is 12.5. The topological polar surface area (TPSA) is 64.2 Å². The first-order chi connectivity index (χ1) is 10.3. The van der Waals surface area contributed by atoms with E-state index in [4.69, 9.17) is 5.73 Å². The zero-order valence-electron chi connectivity index (χ0n) is 12.4. The van der Waals surface area contributed by atoms with E-state index in [0.29, 0.717) is 18.0 Å². The summed E-state index contributed by atoms with van der Waals surface area (Å²) in [5.74, 6) is 0.619. The molecule has 0 unspecified atom stereocenters. The molecule has 22 heavy (non-hydrogen) atoms. The molecule has 1 fully saturated rings. The minimum atomic E-state index is 0. The Balaban J connectivity index is 0.00000176. The van der Waals surface area contributed by atoms with E-state index in [-0.39, 0.29) is 18.3 Å². The zero-order valence-corrected chi connectivity index (χ0v) is 13.2. The number of carbonyl (C=O) groups is 1. The summed E-state index contributed by atoms with van der Waals surface area (Å²) in [6, 6.07) is 9.80. The summed E-state index contributed by atoms with van der Waals surface area (Å²) in [4.78, 5) is 14.4. The van der Waals surface area contributed by atoms with Gasteiger partial charge in [-0.15, -0.1) is 12.4 Å². The van der Waals surface area contributed by atoms with Crippen LogP contribution in [0, 0.1) is 5.92 Å². The molecule has 2 N–H and O–H groups in total. The third-order valence-corrected chi connectivity index (χ3v) is 4.09. The Kier molecular flexibility index (Phi) is 5.57. The van der Waals surface area contributed by atoms with E-state index in [0.717, 1.165) is 31.6 Å². The van der Waals surface area contributed by atoms with Crippen LogP contribution in [0.1, 0.15) is 23.2 Å². The molecule has 2 heterocycles. The van der Waals surface area contributed by atoms with Gasteiger partial charge in [0.05, 0.1) is 17.4 Å². The highest BCUT2D eigenvalue weighted by molar-refractivity contribution is 5.93. The second kappa shape index (κ2) is 7.42. The molecular weight excluding hydrogens is 300 g/mol. The summed E-state index contributed by atoms with van der Waals surface area (Å²) < 4.78 is 1.74. The van der Waals surface area contributed by atoms with Crippen molar-refractivity contribution in [2.45, 2.75) is 12.8 Å². The third-order valence-electron chi connectivity index (χ3n) is 4.09. The minimum absolute atomic E-state index is 0. The maximum absolute atomic E-state index is 12.5. The molecular formula is C16H21ClN4O. The predicted molar refractivity (Wildman–Crippen MR) is 88.5 cm³/mol.